The van der Waals surface area contributed by atoms with Gasteiger partial charge in [-0.2, -0.15) is 0 Å². The standard InChI is InChI=1S/C12H16N2O2/c1-9-5-10(7-15)6-13-11(9)14-4-3-12(2,16)8-14/h5-7,16H,3-4,8H2,1-2H3. The van der Waals surface area contributed by atoms with Crippen molar-refractivity contribution in [2.45, 2.75) is 25.9 Å². The number of β-amino-alcohol motifs (C(OH)–C–C–N with tert-alkyl or cyclic N) is 1. The minimum Gasteiger partial charge on any atom is -0.388 e. The first-order valence-electron chi connectivity index (χ1n) is 5.41. The van der Waals surface area contributed by atoms with E-state index < -0.39 is 5.60 Å². The quantitative estimate of drug-likeness (QED) is 0.760. The highest BCUT2D eigenvalue weighted by atomic mass is 16.3. The number of carbonyl (C=O) groups is 1. The summed E-state index contributed by atoms with van der Waals surface area (Å²) in [5.41, 5.74) is 0.937. The van der Waals surface area contributed by atoms with E-state index in [1.54, 1.807) is 6.20 Å². The largest absolute Gasteiger partial charge is 0.388 e. The van der Waals surface area contributed by atoms with E-state index in [-0.39, 0.29) is 0 Å². The van der Waals surface area contributed by atoms with Crippen LogP contribution in [-0.4, -0.2) is 35.1 Å². The van der Waals surface area contributed by atoms with Gasteiger partial charge in [-0.25, -0.2) is 4.98 Å². The van der Waals surface area contributed by atoms with E-state index in [1.807, 2.05) is 19.9 Å². The molecular formula is C12H16N2O2. The number of nitrogens with zero attached hydrogens (tertiary/aromatic N) is 2. The van der Waals surface area contributed by atoms with Crippen molar-refractivity contribution in [2.75, 3.05) is 18.0 Å². The van der Waals surface area contributed by atoms with Crippen molar-refractivity contribution in [1.29, 1.82) is 0 Å². The van der Waals surface area contributed by atoms with Crippen molar-refractivity contribution in [1.82, 2.24) is 4.98 Å². The van der Waals surface area contributed by atoms with E-state index in [1.165, 1.54) is 0 Å². The zero-order chi connectivity index (χ0) is 11.8. The number of aryl methyl sites for hydroxylation is 1. The smallest absolute Gasteiger partial charge is 0.151 e. The molecule has 4 heteroatoms. The van der Waals surface area contributed by atoms with Gasteiger partial charge in [0.2, 0.25) is 0 Å². The molecule has 0 saturated carbocycles. The van der Waals surface area contributed by atoms with Crippen LogP contribution in [-0.2, 0) is 0 Å². The number of hydrogen-bond acceptors (Lipinski definition) is 4. The van der Waals surface area contributed by atoms with Gasteiger partial charge in [-0.3, -0.25) is 4.79 Å². The summed E-state index contributed by atoms with van der Waals surface area (Å²) >= 11 is 0. The fourth-order valence-corrected chi connectivity index (χ4v) is 2.11. The van der Waals surface area contributed by atoms with Crippen LogP contribution in [0.3, 0.4) is 0 Å². The Kier molecular flexibility index (Phi) is 2.68. The third-order valence-corrected chi connectivity index (χ3v) is 2.96. The third-order valence-electron chi connectivity index (χ3n) is 2.96. The van der Waals surface area contributed by atoms with Crippen LogP contribution in [0.4, 0.5) is 5.82 Å². The van der Waals surface area contributed by atoms with Gasteiger partial charge >= 0.3 is 0 Å². The minimum atomic E-state index is -0.628. The topological polar surface area (TPSA) is 53.4 Å². The number of rotatable bonds is 2. The lowest BCUT2D eigenvalue weighted by atomic mass is 10.1. The molecule has 0 aromatic carbocycles. The Morgan fingerprint density at radius 3 is 2.88 bits per heavy atom. The number of aldehydes is 1. The second-order valence-corrected chi connectivity index (χ2v) is 4.70. The molecule has 1 fully saturated rings. The van der Waals surface area contributed by atoms with Gasteiger partial charge in [-0.1, -0.05) is 0 Å². The van der Waals surface area contributed by atoms with Gasteiger partial charge in [0.25, 0.3) is 0 Å². The maximum Gasteiger partial charge on any atom is 0.151 e. The fraction of sp³-hybridized carbons (Fsp3) is 0.500. The molecule has 1 aliphatic rings. The first kappa shape index (κ1) is 11.1. The van der Waals surface area contributed by atoms with Gasteiger partial charge < -0.3 is 10.0 Å². The minimum absolute atomic E-state index is 0.590. The van der Waals surface area contributed by atoms with Crippen molar-refractivity contribution in [3.8, 4) is 0 Å². The molecule has 0 bridgehead atoms. The van der Waals surface area contributed by atoms with E-state index in [9.17, 15) is 9.90 Å². The van der Waals surface area contributed by atoms with Crippen molar-refractivity contribution in [3.63, 3.8) is 0 Å². The highest BCUT2D eigenvalue weighted by Gasteiger charge is 2.32. The van der Waals surface area contributed by atoms with Crippen LogP contribution in [0.25, 0.3) is 0 Å². The van der Waals surface area contributed by atoms with Gasteiger partial charge in [-0.15, -0.1) is 0 Å². The Hall–Kier alpha value is -1.42. The second kappa shape index (κ2) is 3.87. The highest BCUT2D eigenvalue weighted by molar-refractivity contribution is 5.75. The van der Waals surface area contributed by atoms with E-state index in [0.29, 0.717) is 12.1 Å². The number of anilines is 1. The summed E-state index contributed by atoms with van der Waals surface area (Å²) in [5.74, 6) is 0.864. The molecule has 0 spiro atoms. The Morgan fingerprint density at radius 1 is 1.62 bits per heavy atom. The molecule has 0 radical (unpaired) electrons. The van der Waals surface area contributed by atoms with E-state index in [0.717, 1.165) is 30.6 Å². The van der Waals surface area contributed by atoms with Gasteiger partial charge in [0, 0.05) is 24.8 Å². The summed E-state index contributed by atoms with van der Waals surface area (Å²) in [6.45, 7) is 5.17. The summed E-state index contributed by atoms with van der Waals surface area (Å²) < 4.78 is 0. The molecule has 0 aliphatic carbocycles. The molecule has 1 aliphatic heterocycles. The van der Waals surface area contributed by atoms with Crippen molar-refractivity contribution in [2.24, 2.45) is 0 Å². The first-order valence-corrected chi connectivity index (χ1v) is 5.41. The van der Waals surface area contributed by atoms with Gasteiger partial charge in [0.15, 0.2) is 6.29 Å². The van der Waals surface area contributed by atoms with E-state index in [4.69, 9.17) is 0 Å². The van der Waals surface area contributed by atoms with Gasteiger partial charge in [0.1, 0.15) is 5.82 Å². The molecule has 2 heterocycles. The molecule has 0 amide bonds. The molecule has 1 N–H and O–H groups in total. The van der Waals surface area contributed by atoms with Crippen molar-refractivity contribution >= 4 is 12.1 Å². The van der Waals surface area contributed by atoms with Gasteiger partial charge in [0.05, 0.1) is 5.60 Å². The zero-order valence-electron chi connectivity index (χ0n) is 9.60. The molecule has 1 aromatic heterocycles. The number of carbonyl (C=O) groups excluding carboxylic acids is 1. The highest BCUT2D eigenvalue weighted by Crippen LogP contribution is 2.27. The average molecular weight is 220 g/mol. The molecular weight excluding hydrogens is 204 g/mol. The molecule has 2 rings (SSSR count). The molecule has 86 valence electrons. The summed E-state index contributed by atoms with van der Waals surface area (Å²) in [6, 6.07) is 1.82. The average Bonchev–Trinajstić information content (AvgIpc) is 2.58. The molecule has 1 unspecified atom stereocenters. The van der Waals surface area contributed by atoms with Crippen molar-refractivity contribution < 1.29 is 9.90 Å². The lowest BCUT2D eigenvalue weighted by Gasteiger charge is -2.21. The van der Waals surface area contributed by atoms with Crippen LogP contribution in [0, 0.1) is 6.92 Å². The van der Waals surface area contributed by atoms with Gasteiger partial charge in [-0.05, 0) is 31.9 Å². The van der Waals surface area contributed by atoms with E-state index in [2.05, 4.69) is 9.88 Å². The fourth-order valence-electron chi connectivity index (χ4n) is 2.11. The van der Waals surface area contributed by atoms with Crippen LogP contribution >= 0.6 is 0 Å². The van der Waals surface area contributed by atoms with Crippen LogP contribution in [0.5, 0.6) is 0 Å². The molecule has 1 atom stereocenters. The maximum absolute atomic E-state index is 10.6. The normalized spacial score (nSPS) is 24.8. The summed E-state index contributed by atoms with van der Waals surface area (Å²) in [5, 5.41) is 9.89. The number of pyridine rings is 1. The maximum atomic E-state index is 10.6. The number of aromatic nitrogens is 1. The summed E-state index contributed by atoms with van der Waals surface area (Å²) in [6.07, 6.45) is 3.12. The SMILES string of the molecule is Cc1cc(C=O)cnc1N1CCC(C)(O)C1. The zero-order valence-corrected chi connectivity index (χ0v) is 9.60. The second-order valence-electron chi connectivity index (χ2n) is 4.70. The molecule has 1 aromatic rings. The Labute approximate surface area is 94.9 Å². The number of aliphatic hydroxyl groups is 1. The van der Waals surface area contributed by atoms with Crippen LogP contribution in [0.2, 0.25) is 0 Å². The molecule has 1 saturated heterocycles. The van der Waals surface area contributed by atoms with Crippen LogP contribution in [0.1, 0.15) is 29.3 Å². The Balaban J connectivity index is 2.25. The monoisotopic (exact) mass is 220 g/mol. The van der Waals surface area contributed by atoms with Crippen molar-refractivity contribution in [3.05, 3.63) is 23.4 Å². The third kappa shape index (κ3) is 2.07. The summed E-state index contributed by atoms with van der Waals surface area (Å²) in [7, 11) is 0. The lowest BCUT2D eigenvalue weighted by Crippen LogP contribution is -2.30. The molecule has 4 nitrogen and oxygen atoms in total. The predicted molar refractivity (Wildman–Crippen MR) is 61.8 cm³/mol. The Morgan fingerprint density at radius 2 is 2.38 bits per heavy atom. The predicted octanol–water partition coefficient (Wildman–Crippen LogP) is 1.16. The molecule has 16 heavy (non-hydrogen) atoms. The van der Waals surface area contributed by atoms with Crippen LogP contribution in [0.15, 0.2) is 12.3 Å². The van der Waals surface area contributed by atoms with E-state index >= 15 is 0 Å². The number of hydrogen-bond donors (Lipinski definition) is 1. The first-order chi connectivity index (χ1) is 7.52. The Bertz CT molecular complexity index is 415. The van der Waals surface area contributed by atoms with Crippen LogP contribution < -0.4 is 4.90 Å². The summed E-state index contributed by atoms with van der Waals surface area (Å²) in [4.78, 5) is 16.9. The lowest BCUT2D eigenvalue weighted by molar-refractivity contribution is 0.0838.